The number of rotatable bonds is 3. The van der Waals surface area contributed by atoms with E-state index in [-0.39, 0.29) is 24.4 Å². The highest BCUT2D eigenvalue weighted by Crippen LogP contribution is 2.31. The van der Waals surface area contributed by atoms with Crippen molar-refractivity contribution in [2.75, 3.05) is 6.67 Å². The minimum absolute atomic E-state index is 0. The maximum Gasteiger partial charge on any atom is 0.416 e. The summed E-state index contributed by atoms with van der Waals surface area (Å²) in [5.74, 6) is -0.853. The van der Waals surface area contributed by atoms with E-state index >= 15 is 0 Å². The molecule has 0 aliphatic heterocycles. The number of hydrogen-bond donors (Lipinski definition) is 1. The van der Waals surface area contributed by atoms with E-state index in [1.807, 2.05) is 0 Å². The zero-order valence-corrected chi connectivity index (χ0v) is 9.42. The monoisotopic (exact) mass is 275 g/mol. The summed E-state index contributed by atoms with van der Waals surface area (Å²) in [6.45, 7) is -0.809. The highest BCUT2D eigenvalue weighted by Gasteiger charge is 2.31. The van der Waals surface area contributed by atoms with Gasteiger partial charge in [-0.15, -0.1) is 12.4 Å². The Morgan fingerprint density at radius 2 is 1.82 bits per heavy atom. The third kappa shape index (κ3) is 4.12. The molecule has 98 valence electrons. The molecule has 0 bridgehead atoms. The summed E-state index contributed by atoms with van der Waals surface area (Å²) >= 11 is 0. The normalized spacial score (nSPS) is 13.1. The van der Waals surface area contributed by atoms with Crippen LogP contribution >= 0.6 is 12.4 Å². The summed E-state index contributed by atoms with van der Waals surface area (Å²) in [4.78, 5) is 0. The first-order valence-corrected chi connectivity index (χ1v) is 4.54. The molecule has 1 rings (SSSR count). The van der Waals surface area contributed by atoms with Crippen LogP contribution in [0.2, 0.25) is 0 Å². The first kappa shape index (κ1) is 16.1. The maximum absolute atomic E-state index is 13.2. The maximum atomic E-state index is 13.2. The van der Waals surface area contributed by atoms with Crippen molar-refractivity contribution < 1.29 is 22.0 Å². The highest BCUT2D eigenvalue weighted by atomic mass is 35.5. The molecule has 1 atom stereocenters. The van der Waals surface area contributed by atoms with Crippen molar-refractivity contribution in [3.63, 3.8) is 0 Å². The van der Waals surface area contributed by atoms with Gasteiger partial charge in [-0.05, 0) is 24.6 Å². The molecule has 0 aliphatic carbocycles. The molecule has 0 fully saturated rings. The first-order valence-electron chi connectivity index (χ1n) is 4.54. The fourth-order valence-corrected chi connectivity index (χ4v) is 1.28. The Hall–Kier alpha value is -0.880. The van der Waals surface area contributed by atoms with Crippen molar-refractivity contribution in [3.8, 4) is 0 Å². The Bertz CT molecular complexity index is 366. The van der Waals surface area contributed by atoms with Crippen LogP contribution in [0, 0.1) is 5.82 Å². The van der Waals surface area contributed by atoms with Gasteiger partial charge in [-0.3, -0.25) is 4.39 Å². The highest BCUT2D eigenvalue weighted by molar-refractivity contribution is 5.85. The van der Waals surface area contributed by atoms with Crippen molar-refractivity contribution in [2.24, 2.45) is 5.73 Å². The van der Waals surface area contributed by atoms with Crippen LogP contribution in [0.4, 0.5) is 22.0 Å². The predicted octanol–water partition coefficient (Wildman–Crippen LogP) is 3.63. The molecule has 1 nitrogen and oxygen atoms in total. The Morgan fingerprint density at radius 3 is 2.29 bits per heavy atom. The predicted molar refractivity (Wildman–Crippen MR) is 56.2 cm³/mol. The number of benzene rings is 1. The fourth-order valence-electron chi connectivity index (χ4n) is 1.28. The van der Waals surface area contributed by atoms with E-state index < -0.39 is 30.3 Å². The smallest absolute Gasteiger partial charge is 0.324 e. The molecule has 1 aromatic carbocycles. The molecule has 0 saturated carbocycles. The van der Waals surface area contributed by atoms with Crippen LogP contribution in [-0.4, -0.2) is 6.67 Å². The lowest BCUT2D eigenvalue weighted by molar-refractivity contribution is -0.137. The molecule has 0 aromatic heterocycles. The minimum Gasteiger partial charge on any atom is -0.324 e. The Labute approximate surface area is 101 Å². The van der Waals surface area contributed by atoms with Crippen LogP contribution in [-0.2, 0) is 6.18 Å². The fraction of sp³-hybridized carbons (Fsp3) is 0.400. The lowest BCUT2D eigenvalue weighted by Gasteiger charge is -2.14. The van der Waals surface area contributed by atoms with Crippen molar-refractivity contribution in [2.45, 2.75) is 18.6 Å². The van der Waals surface area contributed by atoms with Gasteiger partial charge in [0.2, 0.25) is 0 Å². The van der Waals surface area contributed by atoms with Gasteiger partial charge in [0.1, 0.15) is 5.82 Å². The number of nitrogens with two attached hydrogens (primary N) is 1. The Balaban J connectivity index is 0.00000256. The second kappa shape index (κ2) is 6.16. The van der Waals surface area contributed by atoms with Gasteiger partial charge >= 0.3 is 6.18 Å². The van der Waals surface area contributed by atoms with Gasteiger partial charge in [-0.1, -0.05) is 0 Å². The summed E-state index contributed by atoms with van der Waals surface area (Å²) in [6, 6.07) is 0.875. The molecule has 0 unspecified atom stereocenters. The summed E-state index contributed by atoms with van der Waals surface area (Å²) in [6.07, 6.45) is -4.77. The summed E-state index contributed by atoms with van der Waals surface area (Å²) in [5, 5.41) is 0. The zero-order chi connectivity index (χ0) is 12.3. The number of alkyl halides is 4. The van der Waals surface area contributed by atoms with E-state index in [1.54, 1.807) is 0 Å². The third-order valence-corrected chi connectivity index (χ3v) is 2.14. The van der Waals surface area contributed by atoms with Crippen LogP contribution < -0.4 is 5.73 Å². The van der Waals surface area contributed by atoms with Gasteiger partial charge in [0, 0.05) is 11.6 Å². The van der Waals surface area contributed by atoms with E-state index in [1.165, 1.54) is 0 Å². The largest absolute Gasteiger partial charge is 0.416 e. The van der Waals surface area contributed by atoms with Crippen LogP contribution in [0.5, 0.6) is 0 Å². The molecule has 2 N–H and O–H groups in total. The number of hydrogen-bond acceptors (Lipinski definition) is 1. The molecule has 0 heterocycles. The van der Waals surface area contributed by atoms with E-state index in [2.05, 4.69) is 0 Å². The van der Waals surface area contributed by atoms with E-state index in [9.17, 15) is 22.0 Å². The minimum atomic E-state index is -4.56. The molecule has 1 aromatic rings. The van der Waals surface area contributed by atoms with Gasteiger partial charge in [-0.25, -0.2) is 4.39 Å². The van der Waals surface area contributed by atoms with Crippen LogP contribution in [0.1, 0.15) is 23.6 Å². The van der Waals surface area contributed by atoms with Gasteiger partial charge in [0.25, 0.3) is 0 Å². The van der Waals surface area contributed by atoms with E-state index in [0.29, 0.717) is 18.2 Å². The molecular weight excluding hydrogens is 265 g/mol. The second-order valence-electron chi connectivity index (χ2n) is 3.32. The summed E-state index contributed by atoms with van der Waals surface area (Å²) in [7, 11) is 0. The van der Waals surface area contributed by atoms with Crippen LogP contribution in [0.15, 0.2) is 18.2 Å². The van der Waals surface area contributed by atoms with E-state index in [4.69, 9.17) is 5.73 Å². The second-order valence-corrected chi connectivity index (χ2v) is 3.32. The Kier molecular flexibility index (Phi) is 5.84. The lowest BCUT2D eigenvalue weighted by Crippen LogP contribution is -2.15. The molecular formula is C10H11ClF5N. The van der Waals surface area contributed by atoms with E-state index in [0.717, 1.165) is 0 Å². The van der Waals surface area contributed by atoms with Gasteiger partial charge in [-0.2, -0.15) is 13.2 Å². The van der Waals surface area contributed by atoms with Gasteiger partial charge in [0.15, 0.2) is 0 Å². The average molecular weight is 276 g/mol. The SMILES string of the molecule is Cl.N[C@@H](CCF)c1cc(C(F)(F)F)ccc1F. The molecule has 0 amide bonds. The quantitative estimate of drug-likeness (QED) is 0.838. The standard InChI is InChI=1S/C10H10F5N.ClH/c11-4-3-9(16)7-5-6(10(13,14)15)1-2-8(7)12;/h1-2,5,9H,3-4,16H2;1H/t9-;/m0./s1. The molecule has 0 saturated heterocycles. The molecule has 0 radical (unpaired) electrons. The summed E-state index contributed by atoms with van der Waals surface area (Å²) < 4.78 is 62.1. The van der Waals surface area contributed by atoms with Crippen LogP contribution in [0.3, 0.4) is 0 Å². The first-order chi connectivity index (χ1) is 7.36. The number of halogens is 6. The topological polar surface area (TPSA) is 26.0 Å². The van der Waals surface area contributed by atoms with Crippen molar-refractivity contribution in [3.05, 3.63) is 35.1 Å². The summed E-state index contributed by atoms with van der Waals surface area (Å²) in [5.41, 5.74) is 4.07. The van der Waals surface area contributed by atoms with Crippen molar-refractivity contribution in [1.82, 2.24) is 0 Å². The van der Waals surface area contributed by atoms with Crippen molar-refractivity contribution >= 4 is 12.4 Å². The Morgan fingerprint density at radius 1 is 1.24 bits per heavy atom. The van der Waals surface area contributed by atoms with Crippen molar-refractivity contribution in [1.29, 1.82) is 0 Å². The van der Waals surface area contributed by atoms with Gasteiger partial charge in [0.05, 0.1) is 12.2 Å². The lowest BCUT2D eigenvalue weighted by atomic mass is 10.0. The van der Waals surface area contributed by atoms with Crippen LogP contribution in [0.25, 0.3) is 0 Å². The van der Waals surface area contributed by atoms with Gasteiger partial charge < -0.3 is 5.73 Å². The average Bonchev–Trinajstić information content (AvgIpc) is 2.16. The third-order valence-electron chi connectivity index (χ3n) is 2.14. The zero-order valence-electron chi connectivity index (χ0n) is 8.60. The molecule has 17 heavy (non-hydrogen) atoms. The molecule has 0 aliphatic rings. The molecule has 0 spiro atoms. The molecule has 7 heteroatoms.